The lowest BCUT2D eigenvalue weighted by Crippen LogP contribution is -2.48. The van der Waals surface area contributed by atoms with E-state index in [1.54, 1.807) is 20.1 Å². The van der Waals surface area contributed by atoms with Gasteiger partial charge < -0.3 is 19.9 Å². The molecule has 30 heavy (non-hydrogen) atoms. The number of aromatic amines is 1. The minimum Gasteiger partial charge on any atom is -0.496 e. The van der Waals surface area contributed by atoms with E-state index < -0.39 is 23.8 Å². The van der Waals surface area contributed by atoms with Crippen LogP contribution in [-0.2, 0) is 14.4 Å². The third-order valence-corrected chi connectivity index (χ3v) is 5.56. The summed E-state index contributed by atoms with van der Waals surface area (Å²) in [6.07, 6.45) is 6.15. The van der Waals surface area contributed by atoms with Crippen LogP contribution in [0.5, 0.6) is 5.75 Å². The molecule has 1 aliphatic rings. The maximum atomic E-state index is 12.9. The largest absolute Gasteiger partial charge is 0.496 e. The molecule has 1 aromatic heterocycles. The molecule has 8 nitrogen and oxygen atoms in total. The van der Waals surface area contributed by atoms with E-state index in [0.717, 1.165) is 36.6 Å². The number of fused-ring (bicyclic) bond motifs is 1. The van der Waals surface area contributed by atoms with Gasteiger partial charge in [-0.25, -0.2) is 4.79 Å². The van der Waals surface area contributed by atoms with Gasteiger partial charge in [-0.05, 0) is 30.5 Å². The van der Waals surface area contributed by atoms with Gasteiger partial charge in [0.1, 0.15) is 17.5 Å². The lowest BCUT2D eigenvalue weighted by molar-refractivity contribution is -0.158. The highest BCUT2D eigenvalue weighted by Crippen LogP contribution is 2.28. The monoisotopic (exact) mass is 415 g/mol. The zero-order valence-corrected chi connectivity index (χ0v) is 17.5. The van der Waals surface area contributed by atoms with Crippen molar-refractivity contribution in [2.75, 3.05) is 7.11 Å². The average Bonchev–Trinajstić information content (AvgIpc) is 3.22. The van der Waals surface area contributed by atoms with Crippen LogP contribution in [-0.4, -0.2) is 35.9 Å². The van der Waals surface area contributed by atoms with Gasteiger partial charge in [-0.2, -0.15) is 5.48 Å². The molecule has 2 aromatic rings. The molecule has 1 atom stereocenters. The van der Waals surface area contributed by atoms with Crippen LogP contribution in [0.4, 0.5) is 0 Å². The fraction of sp³-hybridized carbons (Fsp3) is 0.500. The Morgan fingerprint density at radius 1 is 1.20 bits per heavy atom. The summed E-state index contributed by atoms with van der Waals surface area (Å²) in [6, 6.07) is 6.42. The van der Waals surface area contributed by atoms with Crippen molar-refractivity contribution in [3.05, 3.63) is 30.0 Å². The van der Waals surface area contributed by atoms with Crippen molar-refractivity contribution in [1.82, 2.24) is 15.8 Å². The molecule has 0 aliphatic heterocycles. The van der Waals surface area contributed by atoms with Crippen molar-refractivity contribution in [2.24, 2.45) is 5.92 Å². The number of H-pyrrole nitrogens is 1. The van der Waals surface area contributed by atoms with E-state index in [-0.39, 0.29) is 6.42 Å². The third kappa shape index (κ3) is 5.31. The maximum Gasteiger partial charge on any atom is 0.331 e. The summed E-state index contributed by atoms with van der Waals surface area (Å²) in [5, 5.41) is 3.59. The van der Waals surface area contributed by atoms with Gasteiger partial charge in [0, 0.05) is 17.3 Å². The van der Waals surface area contributed by atoms with Crippen LogP contribution in [0, 0.1) is 5.92 Å². The fourth-order valence-corrected chi connectivity index (χ4v) is 3.90. The topological polar surface area (TPSA) is 110 Å². The number of nitrogens with one attached hydrogen (secondary N) is 3. The van der Waals surface area contributed by atoms with Crippen molar-refractivity contribution in [2.45, 2.75) is 57.9 Å². The first-order chi connectivity index (χ1) is 14.5. The van der Waals surface area contributed by atoms with Crippen LogP contribution in [0.1, 0.15) is 62.4 Å². The zero-order valence-electron chi connectivity index (χ0n) is 17.5. The first-order valence-corrected chi connectivity index (χ1v) is 10.5. The highest BCUT2D eigenvalue weighted by Gasteiger charge is 2.27. The van der Waals surface area contributed by atoms with Crippen LogP contribution in [0.25, 0.3) is 10.9 Å². The molecule has 0 bridgehead atoms. The summed E-state index contributed by atoms with van der Waals surface area (Å²) >= 11 is 0. The number of rotatable bonds is 7. The Bertz CT molecular complexity index is 901. The fourth-order valence-electron chi connectivity index (χ4n) is 3.90. The van der Waals surface area contributed by atoms with E-state index in [9.17, 15) is 14.4 Å². The Morgan fingerprint density at radius 3 is 2.67 bits per heavy atom. The SMILES string of the molecule is CCC(=O)ONC(=O)[C@H](CC1CCCCC1)NC(=O)c1cc2c(OC)cccc2[nH]1. The molecular formula is C22H29N3O5. The average molecular weight is 415 g/mol. The number of hydrogen-bond acceptors (Lipinski definition) is 5. The maximum absolute atomic E-state index is 12.9. The van der Waals surface area contributed by atoms with E-state index in [2.05, 4.69) is 15.8 Å². The summed E-state index contributed by atoms with van der Waals surface area (Å²) in [5.74, 6) is -0.450. The van der Waals surface area contributed by atoms with Gasteiger partial charge in [-0.1, -0.05) is 45.1 Å². The van der Waals surface area contributed by atoms with Crippen molar-refractivity contribution in [3.8, 4) is 5.75 Å². The zero-order chi connectivity index (χ0) is 21.5. The number of benzene rings is 1. The molecule has 3 rings (SSSR count). The molecule has 0 radical (unpaired) electrons. The summed E-state index contributed by atoms with van der Waals surface area (Å²) in [4.78, 5) is 44.8. The molecule has 0 unspecified atom stereocenters. The quantitative estimate of drug-likeness (QED) is 0.602. The number of carbonyl (C=O) groups excluding carboxylic acids is 3. The van der Waals surface area contributed by atoms with Crippen molar-refractivity contribution in [3.63, 3.8) is 0 Å². The van der Waals surface area contributed by atoms with E-state index in [1.807, 2.05) is 18.2 Å². The Morgan fingerprint density at radius 2 is 1.97 bits per heavy atom. The Balaban J connectivity index is 1.74. The van der Waals surface area contributed by atoms with E-state index in [4.69, 9.17) is 9.57 Å². The number of methoxy groups -OCH3 is 1. The molecule has 1 aromatic carbocycles. The first-order valence-electron chi connectivity index (χ1n) is 10.5. The van der Waals surface area contributed by atoms with Gasteiger partial charge in [0.25, 0.3) is 11.8 Å². The van der Waals surface area contributed by atoms with Gasteiger partial charge in [0.2, 0.25) is 0 Å². The van der Waals surface area contributed by atoms with Gasteiger partial charge in [0.15, 0.2) is 0 Å². The Labute approximate surface area is 175 Å². The van der Waals surface area contributed by atoms with Crippen LogP contribution in [0.15, 0.2) is 24.3 Å². The summed E-state index contributed by atoms with van der Waals surface area (Å²) < 4.78 is 5.34. The number of amides is 2. The van der Waals surface area contributed by atoms with Crippen molar-refractivity contribution >= 4 is 28.7 Å². The molecule has 8 heteroatoms. The summed E-state index contributed by atoms with van der Waals surface area (Å²) in [7, 11) is 1.57. The molecular weight excluding hydrogens is 386 g/mol. The molecule has 1 saturated carbocycles. The van der Waals surface area contributed by atoms with Gasteiger partial charge >= 0.3 is 5.97 Å². The Hall–Kier alpha value is -3.03. The van der Waals surface area contributed by atoms with E-state index >= 15 is 0 Å². The van der Waals surface area contributed by atoms with E-state index in [1.165, 1.54) is 6.42 Å². The number of hydroxylamine groups is 1. The van der Waals surface area contributed by atoms with Crippen molar-refractivity contribution in [1.29, 1.82) is 0 Å². The lowest BCUT2D eigenvalue weighted by Gasteiger charge is -2.26. The smallest absolute Gasteiger partial charge is 0.331 e. The van der Waals surface area contributed by atoms with Crippen LogP contribution in [0.3, 0.4) is 0 Å². The molecule has 0 spiro atoms. The second-order valence-electron chi connectivity index (χ2n) is 7.66. The molecule has 2 amide bonds. The number of aromatic nitrogens is 1. The molecule has 3 N–H and O–H groups in total. The predicted octanol–water partition coefficient (Wildman–Crippen LogP) is 3.23. The first kappa shape index (κ1) is 21.7. The second kappa shape index (κ2) is 10.1. The third-order valence-electron chi connectivity index (χ3n) is 5.56. The number of ether oxygens (including phenoxy) is 1. The summed E-state index contributed by atoms with van der Waals surface area (Å²) in [6.45, 7) is 1.64. The highest BCUT2D eigenvalue weighted by molar-refractivity contribution is 6.01. The highest BCUT2D eigenvalue weighted by atomic mass is 16.7. The molecule has 1 fully saturated rings. The normalized spacial score (nSPS) is 15.4. The minimum absolute atomic E-state index is 0.150. The minimum atomic E-state index is -0.793. The molecule has 1 aliphatic carbocycles. The van der Waals surface area contributed by atoms with E-state index in [0.29, 0.717) is 23.8 Å². The van der Waals surface area contributed by atoms with Gasteiger partial charge in [-0.15, -0.1) is 0 Å². The Kier molecular flexibility index (Phi) is 7.32. The van der Waals surface area contributed by atoms with Crippen molar-refractivity contribution < 1.29 is 24.0 Å². The summed E-state index contributed by atoms with van der Waals surface area (Å²) in [5.41, 5.74) is 3.29. The standard InChI is InChI=1S/C22H29N3O5/c1-3-20(26)30-25-22(28)17(12-14-8-5-4-6-9-14)24-21(27)18-13-15-16(23-18)10-7-11-19(15)29-2/h7,10-11,13-14,17,23H,3-6,8-9,12H2,1-2H3,(H,24,27)(H,25,28)/t17-/m0/s1. The molecule has 162 valence electrons. The second-order valence-corrected chi connectivity index (χ2v) is 7.66. The van der Waals surface area contributed by atoms with Crippen LogP contribution >= 0.6 is 0 Å². The number of carbonyl (C=O) groups is 3. The lowest BCUT2D eigenvalue weighted by atomic mass is 9.84. The van der Waals surface area contributed by atoms with Crippen LogP contribution in [0.2, 0.25) is 0 Å². The van der Waals surface area contributed by atoms with Crippen LogP contribution < -0.4 is 15.5 Å². The molecule has 0 saturated heterocycles. The van der Waals surface area contributed by atoms with Gasteiger partial charge in [0.05, 0.1) is 7.11 Å². The van der Waals surface area contributed by atoms with Gasteiger partial charge in [-0.3, -0.25) is 9.59 Å². The molecule has 1 heterocycles. The predicted molar refractivity (Wildman–Crippen MR) is 112 cm³/mol. The number of hydrogen-bond donors (Lipinski definition) is 3.